The number of halogens is 3. The van der Waals surface area contributed by atoms with E-state index in [9.17, 15) is 13.6 Å². The molecule has 0 N–H and O–H groups in total. The second-order valence-corrected chi connectivity index (χ2v) is 5.41. The summed E-state index contributed by atoms with van der Waals surface area (Å²) in [5.41, 5.74) is -0.318. The van der Waals surface area contributed by atoms with E-state index < -0.39 is 17.6 Å². The number of fused-ring (bicyclic) bond motifs is 1. The Kier molecular flexibility index (Phi) is 3.90. The van der Waals surface area contributed by atoms with Crippen molar-refractivity contribution in [3.63, 3.8) is 0 Å². The van der Waals surface area contributed by atoms with Crippen LogP contribution in [-0.2, 0) is 0 Å². The first kappa shape index (κ1) is 14.7. The number of ether oxygens (including phenoxy) is 1. The molecule has 0 bridgehead atoms. The average Bonchev–Trinajstić information content (AvgIpc) is 2.50. The second-order valence-electron chi connectivity index (χ2n) is 4.61. The summed E-state index contributed by atoms with van der Waals surface area (Å²) in [7, 11) is 0. The normalized spacial score (nSPS) is 10.7. The van der Waals surface area contributed by atoms with Crippen molar-refractivity contribution in [3.8, 4) is 5.75 Å². The minimum atomic E-state index is -0.957. The fraction of sp³-hybridized carbons (Fsp3) is 0. The number of benzene rings is 3. The predicted octanol–water partition coefficient (Wildman–Crippen LogP) is 5.10. The third-order valence-electron chi connectivity index (χ3n) is 3.18. The van der Waals surface area contributed by atoms with Crippen LogP contribution in [0.15, 0.2) is 59.1 Å². The largest absolute Gasteiger partial charge is 0.422 e. The fourth-order valence-corrected chi connectivity index (χ4v) is 2.68. The van der Waals surface area contributed by atoms with E-state index in [2.05, 4.69) is 15.9 Å². The molecule has 0 spiro atoms. The third-order valence-corrected chi connectivity index (χ3v) is 4.00. The molecule has 0 unspecified atom stereocenters. The van der Waals surface area contributed by atoms with E-state index in [1.54, 1.807) is 12.1 Å². The highest BCUT2D eigenvalue weighted by molar-refractivity contribution is 9.10. The molecule has 0 aromatic heterocycles. The molecule has 0 atom stereocenters. The lowest BCUT2D eigenvalue weighted by atomic mass is 10.1. The number of esters is 1. The summed E-state index contributed by atoms with van der Waals surface area (Å²) >= 11 is 3.38. The summed E-state index contributed by atoms with van der Waals surface area (Å²) in [5.74, 6) is -2.32. The van der Waals surface area contributed by atoms with Crippen LogP contribution in [0.4, 0.5) is 8.78 Å². The maximum Gasteiger partial charge on any atom is 0.346 e. The molecule has 22 heavy (non-hydrogen) atoms. The van der Waals surface area contributed by atoms with Gasteiger partial charge in [0.05, 0.1) is 10.0 Å². The Hall–Kier alpha value is -2.27. The van der Waals surface area contributed by atoms with Gasteiger partial charge in [0, 0.05) is 6.07 Å². The van der Waals surface area contributed by atoms with Crippen molar-refractivity contribution in [1.82, 2.24) is 0 Å². The fourth-order valence-electron chi connectivity index (χ4n) is 2.10. The van der Waals surface area contributed by atoms with Crippen molar-refractivity contribution in [2.24, 2.45) is 0 Å². The van der Waals surface area contributed by atoms with Crippen LogP contribution in [-0.4, -0.2) is 5.97 Å². The van der Waals surface area contributed by atoms with E-state index in [0.717, 1.165) is 22.9 Å². The third kappa shape index (κ3) is 2.72. The standard InChI is InChI=1S/C17H9BrF2O2/c18-16-12-4-2-1-3-10(12)5-8-15(16)22-17(21)13-7-6-11(19)9-14(13)20/h1-9H. The maximum atomic E-state index is 13.6. The van der Waals surface area contributed by atoms with Crippen molar-refractivity contribution in [2.75, 3.05) is 0 Å². The van der Waals surface area contributed by atoms with Crippen LogP contribution >= 0.6 is 15.9 Å². The lowest BCUT2D eigenvalue weighted by Gasteiger charge is -2.09. The van der Waals surface area contributed by atoms with Gasteiger partial charge in [-0.25, -0.2) is 13.6 Å². The van der Waals surface area contributed by atoms with Gasteiger partial charge in [-0.2, -0.15) is 0 Å². The Morgan fingerprint density at radius 2 is 1.77 bits per heavy atom. The van der Waals surface area contributed by atoms with Crippen LogP contribution in [0.1, 0.15) is 10.4 Å². The highest BCUT2D eigenvalue weighted by atomic mass is 79.9. The molecule has 2 nitrogen and oxygen atoms in total. The first-order chi connectivity index (χ1) is 10.6. The first-order valence-electron chi connectivity index (χ1n) is 6.41. The molecule has 110 valence electrons. The first-order valence-corrected chi connectivity index (χ1v) is 7.20. The summed E-state index contributed by atoms with van der Waals surface area (Å²) in [6.45, 7) is 0. The number of carbonyl (C=O) groups is 1. The molecule has 0 aliphatic rings. The Bertz CT molecular complexity index is 878. The average molecular weight is 363 g/mol. The molecule has 0 aliphatic carbocycles. The van der Waals surface area contributed by atoms with Crippen molar-refractivity contribution in [1.29, 1.82) is 0 Å². The quantitative estimate of drug-likeness (QED) is 0.468. The van der Waals surface area contributed by atoms with Gasteiger partial charge >= 0.3 is 5.97 Å². The molecule has 0 radical (unpaired) electrons. The van der Waals surface area contributed by atoms with Gasteiger partial charge < -0.3 is 4.74 Å². The summed E-state index contributed by atoms with van der Waals surface area (Å²) in [6.07, 6.45) is 0. The second kappa shape index (κ2) is 5.85. The van der Waals surface area contributed by atoms with Crippen LogP contribution in [0, 0.1) is 11.6 Å². The number of hydrogen-bond acceptors (Lipinski definition) is 2. The number of hydrogen-bond donors (Lipinski definition) is 0. The highest BCUT2D eigenvalue weighted by Gasteiger charge is 2.17. The van der Waals surface area contributed by atoms with Crippen molar-refractivity contribution in [2.45, 2.75) is 0 Å². The van der Waals surface area contributed by atoms with Gasteiger partial charge in [0.25, 0.3) is 0 Å². The van der Waals surface area contributed by atoms with Gasteiger partial charge in [0.2, 0.25) is 0 Å². The highest BCUT2D eigenvalue weighted by Crippen LogP contribution is 2.33. The molecular weight excluding hydrogens is 354 g/mol. The molecule has 3 aromatic carbocycles. The minimum Gasteiger partial charge on any atom is -0.422 e. The lowest BCUT2D eigenvalue weighted by molar-refractivity contribution is 0.0729. The zero-order chi connectivity index (χ0) is 15.7. The van der Waals surface area contributed by atoms with Crippen LogP contribution in [0.2, 0.25) is 0 Å². The van der Waals surface area contributed by atoms with E-state index in [0.29, 0.717) is 10.5 Å². The predicted molar refractivity (Wildman–Crippen MR) is 83.0 cm³/mol. The molecule has 0 saturated heterocycles. The van der Waals surface area contributed by atoms with Gasteiger partial charge in [0.1, 0.15) is 17.4 Å². The molecule has 3 aromatic rings. The van der Waals surface area contributed by atoms with E-state index in [1.807, 2.05) is 24.3 Å². The smallest absolute Gasteiger partial charge is 0.346 e. The number of carbonyl (C=O) groups excluding carboxylic acids is 1. The van der Waals surface area contributed by atoms with E-state index in [1.165, 1.54) is 0 Å². The summed E-state index contributed by atoms with van der Waals surface area (Å²) < 4.78 is 32.3. The molecule has 0 saturated carbocycles. The topological polar surface area (TPSA) is 26.3 Å². The van der Waals surface area contributed by atoms with E-state index >= 15 is 0 Å². The van der Waals surface area contributed by atoms with E-state index in [-0.39, 0.29) is 11.3 Å². The summed E-state index contributed by atoms with van der Waals surface area (Å²) in [5, 5.41) is 1.84. The SMILES string of the molecule is O=C(Oc1ccc2ccccc2c1Br)c1ccc(F)cc1F. The van der Waals surface area contributed by atoms with Gasteiger partial charge in [-0.3, -0.25) is 0 Å². The molecule has 3 rings (SSSR count). The minimum absolute atomic E-state index is 0.271. The summed E-state index contributed by atoms with van der Waals surface area (Å²) in [4.78, 5) is 12.0. The molecule has 5 heteroatoms. The zero-order valence-corrected chi connectivity index (χ0v) is 12.7. The molecule has 0 aliphatic heterocycles. The van der Waals surface area contributed by atoms with Crippen LogP contribution in [0.25, 0.3) is 10.8 Å². The molecular formula is C17H9BrF2O2. The van der Waals surface area contributed by atoms with Crippen LogP contribution < -0.4 is 4.74 Å². The Labute approximate surface area is 133 Å². The van der Waals surface area contributed by atoms with Crippen molar-refractivity contribution in [3.05, 3.63) is 76.3 Å². The van der Waals surface area contributed by atoms with Gasteiger partial charge in [-0.1, -0.05) is 30.3 Å². The molecule has 0 heterocycles. The monoisotopic (exact) mass is 362 g/mol. The van der Waals surface area contributed by atoms with Crippen LogP contribution in [0.5, 0.6) is 5.75 Å². The zero-order valence-electron chi connectivity index (χ0n) is 11.1. The lowest BCUT2D eigenvalue weighted by Crippen LogP contribution is -2.11. The van der Waals surface area contributed by atoms with Crippen molar-refractivity contribution < 1.29 is 18.3 Å². The van der Waals surface area contributed by atoms with Gasteiger partial charge in [-0.15, -0.1) is 0 Å². The Morgan fingerprint density at radius 3 is 2.55 bits per heavy atom. The Balaban J connectivity index is 1.96. The maximum absolute atomic E-state index is 13.6. The van der Waals surface area contributed by atoms with E-state index in [4.69, 9.17) is 4.74 Å². The molecule has 0 amide bonds. The van der Waals surface area contributed by atoms with Crippen molar-refractivity contribution >= 4 is 32.7 Å². The van der Waals surface area contributed by atoms with Gasteiger partial charge in [0.15, 0.2) is 0 Å². The number of rotatable bonds is 2. The van der Waals surface area contributed by atoms with Crippen LogP contribution in [0.3, 0.4) is 0 Å². The Morgan fingerprint density at radius 1 is 1.00 bits per heavy atom. The summed E-state index contributed by atoms with van der Waals surface area (Å²) in [6, 6.07) is 13.7. The van der Waals surface area contributed by atoms with Gasteiger partial charge in [-0.05, 0) is 44.9 Å². The molecule has 0 fully saturated rings.